The number of aliphatic hydroxyl groups is 1. The first-order valence-electron chi connectivity index (χ1n) is 6.36. The highest BCUT2D eigenvalue weighted by Crippen LogP contribution is 2.37. The topological polar surface area (TPSA) is 32.3 Å². The lowest BCUT2D eigenvalue weighted by molar-refractivity contribution is 0.151. The van der Waals surface area contributed by atoms with Gasteiger partial charge in [-0.3, -0.25) is 0 Å². The SMILES string of the molecule is CCC(O)CNC1CC(c2ccccc2F)C1. The summed E-state index contributed by atoms with van der Waals surface area (Å²) >= 11 is 0. The van der Waals surface area contributed by atoms with Crippen molar-refractivity contribution in [2.24, 2.45) is 0 Å². The second kappa shape index (κ2) is 5.61. The molecule has 2 nitrogen and oxygen atoms in total. The van der Waals surface area contributed by atoms with Crippen LogP contribution in [0.4, 0.5) is 4.39 Å². The Morgan fingerprint density at radius 2 is 2.12 bits per heavy atom. The molecule has 0 saturated heterocycles. The van der Waals surface area contributed by atoms with Crippen LogP contribution < -0.4 is 5.32 Å². The highest BCUT2D eigenvalue weighted by molar-refractivity contribution is 5.24. The maximum absolute atomic E-state index is 13.5. The Morgan fingerprint density at radius 1 is 1.41 bits per heavy atom. The van der Waals surface area contributed by atoms with Crippen molar-refractivity contribution in [1.82, 2.24) is 5.32 Å². The van der Waals surface area contributed by atoms with E-state index in [1.807, 2.05) is 19.1 Å². The van der Waals surface area contributed by atoms with Crippen LogP contribution in [0.25, 0.3) is 0 Å². The predicted molar refractivity (Wildman–Crippen MR) is 66.5 cm³/mol. The van der Waals surface area contributed by atoms with Crippen molar-refractivity contribution in [1.29, 1.82) is 0 Å². The fourth-order valence-corrected chi connectivity index (χ4v) is 2.29. The lowest BCUT2D eigenvalue weighted by Gasteiger charge is -2.37. The molecule has 0 spiro atoms. The molecule has 1 aliphatic carbocycles. The van der Waals surface area contributed by atoms with Gasteiger partial charge < -0.3 is 10.4 Å². The molecule has 1 fully saturated rings. The number of hydrogen-bond donors (Lipinski definition) is 2. The Kier molecular flexibility index (Phi) is 4.13. The standard InChI is InChI=1S/C14H20FNO/c1-2-12(17)9-16-11-7-10(8-11)13-5-3-4-6-14(13)15/h3-6,10-12,16-17H,2,7-9H2,1H3. The maximum Gasteiger partial charge on any atom is 0.126 e. The third kappa shape index (κ3) is 3.05. The van der Waals surface area contributed by atoms with Gasteiger partial charge in [0.1, 0.15) is 5.82 Å². The minimum atomic E-state index is -0.262. The van der Waals surface area contributed by atoms with Gasteiger partial charge in [0.15, 0.2) is 0 Å². The summed E-state index contributed by atoms with van der Waals surface area (Å²) in [6.45, 7) is 2.61. The molecule has 0 aliphatic heterocycles. The van der Waals surface area contributed by atoms with E-state index in [1.165, 1.54) is 6.07 Å². The van der Waals surface area contributed by atoms with Crippen LogP contribution in [0.3, 0.4) is 0 Å². The van der Waals surface area contributed by atoms with Crippen LogP contribution >= 0.6 is 0 Å². The molecule has 0 aromatic heterocycles. The monoisotopic (exact) mass is 237 g/mol. The fourth-order valence-electron chi connectivity index (χ4n) is 2.29. The highest BCUT2D eigenvalue weighted by atomic mass is 19.1. The van der Waals surface area contributed by atoms with E-state index in [1.54, 1.807) is 6.07 Å². The Balaban J connectivity index is 1.77. The maximum atomic E-state index is 13.5. The molecular weight excluding hydrogens is 217 g/mol. The average molecular weight is 237 g/mol. The van der Waals surface area contributed by atoms with E-state index in [0.29, 0.717) is 18.5 Å². The molecule has 0 amide bonds. The third-order valence-corrected chi connectivity index (χ3v) is 3.60. The fraction of sp³-hybridized carbons (Fsp3) is 0.571. The smallest absolute Gasteiger partial charge is 0.126 e. The van der Waals surface area contributed by atoms with E-state index in [-0.39, 0.29) is 11.9 Å². The van der Waals surface area contributed by atoms with Gasteiger partial charge in [-0.2, -0.15) is 0 Å². The molecule has 2 rings (SSSR count). The van der Waals surface area contributed by atoms with Gasteiger partial charge in [0.25, 0.3) is 0 Å². The lowest BCUT2D eigenvalue weighted by Crippen LogP contribution is -2.43. The summed E-state index contributed by atoms with van der Waals surface area (Å²) < 4.78 is 13.5. The zero-order chi connectivity index (χ0) is 12.3. The summed E-state index contributed by atoms with van der Waals surface area (Å²) in [6.07, 6.45) is 2.45. The first-order chi connectivity index (χ1) is 8.20. The molecule has 0 radical (unpaired) electrons. The Morgan fingerprint density at radius 3 is 2.76 bits per heavy atom. The first kappa shape index (κ1) is 12.5. The lowest BCUT2D eigenvalue weighted by atomic mass is 9.75. The van der Waals surface area contributed by atoms with Gasteiger partial charge in [0.2, 0.25) is 0 Å². The molecule has 3 heteroatoms. The van der Waals surface area contributed by atoms with E-state index < -0.39 is 0 Å². The Bertz CT molecular complexity index is 363. The molecule has 1 atom stereocenters. The van der Waals surface area contributed by atoms with Crippen molar-refractivity contribution >= 4 is 0 Å². The van der Waals surface area contributed by atoms with Gasteiger partial charge in [-0.15, -0.1) is 0 Å². The van der Waals surface area contributed by atoms with Crippen molar-refractivity contribution in [3.63, 3.8) is 0 Å². The van der Waals surface area contributed by atoms with Crippen LogP contribution in [0.5, 0.6) is 0 Å². The number of nitrogens with one attached hydrogen (secondary N) is 1. The molecule has 94 valence electrons. The molecular formula is C14H20FNO. The molecule has 0 bridgehead atoms. The van der Waals surface area contributed by atoms with Crippen LogP contribution in [0.15, 0.2) is 24.3 Å². The van der Waals surface area contributed by atoms with Gasteiger partial charge in [0.05, 0.1) is 6.10 Å². The normalized spacial score (nSPS) is 25.4. The van der Waals surface area contributed by atoms with E-state index in [0.717, 1.165) is 24.8 Å². The number of benzene rings is 1. The summed E-state index contributed by atoms with van der Waals surface area (Å²) in [5, 5.41) is 12.7. The average Bonchev–Trinajstić information content (AvgIpc) is 2.28. The molecule has 1 saturated carbocycles. The van der Waals surface area contributed by atoms with Crippen molar-refractivity contribution in [3.8, 4) is 0 Å². The molecule has 1 aromatic rings. The second-order valence-electron chi connectivity index (χ2n) is 4.86. The molecule has 2 N–H and O–H groups in total. The van der Waals surface area contributed by atoms with Gasteiger partial charge in [0, 0.05) is 12.6 Å². The zero-order valence-electron chi connectivity index (χ0n) is 10.2. The van der Waals surface area contributed by atoms with E-state index >= 15 is 0 Å². The van der Waals surface area contributed by atoms with Crippen LogP contribution in [-0.4, -0.2) is 23.8 Å². The van der Waals surface area contributed by atoms with Gasteiger partial charge in [-0.1, -0.05) is 25.1 Å². The van der Waals surface area contributed by atoms with Crippen molar-refractivity contribution in [3.05, 3.63) is 35.6 Å². The molecule has 0 heterocycles. The Labute approximate surface area is 102 Å². The quantitative estimate of drug-likeness (QED) is 0.824. The highest BCUT2D eigenvalue weighted by Gasteiger charge is 2.31. The minimum absolute atomic E-state index is 0.0930. The van der Waals surface area contributed by atoms with E-state index in [2.05, 4.69) is 5.32 Å². The summed E-state index contributed by atoms with van der Waals surface area (Å²) in [5.41, 5.74) is 0.835. The minimum Gasteiger partial charge on any atom is -0.392 e. The zero-order valence-corrected chi connectivity index (χ0v) is 10.2. The van der Waals surface area contributed by atoms with Crippen LogP contribution in [0.1, 0.15) is 37.7 Å². The number of hydrogen-bond acceptors (Lipinski definition) is 2. The number of halogens is 1. The van der Waals surface area contributed by atoms with Gasteiger partial charge in [-0.05, 0) is 36.8 Å². The first-order valence-corrected chi connectivity index (χ1v) is 6.36. The van der Waals surface area contributed by atoms with Crippen LogP contribution in [0, 0.1) is 5.82 Å². The van der Waals surface area contributed by atoms with Gasteiger partial charge in [-0.25, -0.2) is 4.39 Å². The number of aliphatic hydroxyl groups excluding tert-OH is 1. The van der Waals surface area contributed by atoms with Crippen molar-refractivity contribution in [2.75, 3.05) is 6.54 Å². The molecule has 1 aromatic carbocycles. The second-order valence-corrected chi connectivity index (χ2v) is 4.86. The molecule has 17 heavy (non-hydrogen) atoms. The summed E-state index contributed by atoms with van der Waals surface area (Å²) in [5.74, 6) is 0.247. The van der Waals surface area contributed by atoms with Crippen molar-refractivity contribution in [2.45, 2.75) is 44.2 Å². The number of rotatable bonds is 5. The molecule has 1 unspecified atom stereocenters. The third-order valence-electron chi connectivity index (χ3n) is 3.60. The van der Waals surface area contributed by atoms with E-state index in [9.17, 15) is 9.50 Å². The van der Waals surface area contributed by atoms with Gasteiger partial charge >= 0.3 is 0 Å². The summed E-state index contributed by atoms with van der Waals surface area (Å²) in [4.78, 5) is 0. The molecule has 1 aliphatic rings. The Hall–Kier alpha value is -0.930. The van der Waals surface area contributed by atoms with Crippen molar-refractivity contribution < 1.29 is 9.50 Å². The summed E-state index contributed by atoms with van der Waals surface area (Å²) in [6, 6.07) is 7.44. The largest absolute Gasteiger partial charge is 0.392 e. The predicted octanol–water partition coefficient (Wildman–Crippen LogP) is 2.43. The van der Waals surface area contributed by atoms with E-state index in [4.69, 9.17) is 0 Å². The summed E-state index contributed by atoms with van der Waals surface area (Å²) in [7, 11) is 0. The van der Waals surface area contributed by atoms with Crippen LogP contribution in [-0.2, 0) is 0 Å². The van der Waals surface area contributed by atoms with Crippen LogP contribution in [0.2, 0.25) is 0 Å².